The van der Waals surface area contributed by atoms with Crippen LogP contribution in [0.4, 0.5) is 13.2 Å². The van der Waals surface area contributed by atoms with Gasteiger partial charge in [0, 0.05) is 36.5 Å². The number of ether oxygens (including phenoxy) is 3. The van der Waals surface area contributed by atoms with Crippen LogP contribution < -0.4 is 0 Å². The third-order valence-electron chi connectivity index (χ3n) is 7.15. The van der Waals surface area contributed by atoms with Crippen molar-refractivity contribution in [1.82, 2.24) is 0 Å². The minimum Gasteiger partial charge on any atom is -0.497 e. The maximum Gasteiger partial charge on any atom is 0.194 e. The lowest BCUT2D eigenvalue weighted by Crippen LogP contribution is -2.54. The van der Waals surface area contributed by atoms with Gasteiger partial charge >= 0.3 is 0 Å². The average Bonchev–Trinajstić information content (AvgIpc) is 3.38. The Hall–Kier alpha value is -2.82. The van der Waals surface area contributed by atoms with Gasteiger partial charge in [0.15, 0.2) is 5.79 Å². The fourth-order valence-electron chi connectivity index (χ4n) is 5.89. The summed E-state index contributed by atoms with van der Waals surface area (Å²) in [7, 11) is 0. The molecule has 3 atom stereocenters. The summed E-state index contributed by atoms with van der Waals surface area (Å²) < 4.78 is 60.0. The molecule has 2 aliphatic carbocycles. The number of nitriles is 1. The number of benzene rings is 2. The van der Waals surface area contributed by atoms with Gasteiger partial charge in [0.05, 0.1) is 36.5 Å². The quantitative estimate of drug-likeness (QED) is 0.674. The highest BCUT2D eigenvalue weighted by atomic mass is 19.1. The lowest BCUT2D eigenvalue weighted by molar-refractivity contribution is -0.154. The molecule has 2 aromatic rings. The first-order chi connectivity index (χ1) is 15.0. The van der Waals surface area contributed by atoms with Crippen LogP contribution in [-0.2, 0) is 26.0 Å². The van der Waals surface area contributed by atoms with Crippen molar-refractivity contribution in [3.8, 4) is 17.2 Å². The topological polar surface area (TPSA) is 51.5 Å². The van der Waals surface area contributed by atoms with Crippen molar-refractivity contribution in [2.45, 2.75) is 36.6 Å². The van der Waals surface area contributed by atoms with E-state index in [-0.39, 0.29) is 17.6 Å². The van der Waals surface area contributed by atoms with Gasteiger partial charge in [0.25, 0.3) is 0 Å². The van der Waals surface area contributed by atoms with Crippen LogP contribution in [-0.4, -0.2) is 25.1 Å². The number of hydrogen-bond acceptors (Lipinski definition) is 4. The number of hydrogen-bond donors (Lipinski definition) is 0. The first-order valence-corrected chi connectivity index (χ1v) is 10.3. The molecule has 4 nitrogen and oxygen atoms in total. The van der Waals surface area contributed by atoms with Crippen molar-refractivity contribution in [3.05, 3.63) is 70.7 Å². The lowest BCUT2D eigenvalue weighted by Gasteiger charge is -2.49. The summed E-state index contributed by atoms with van der Waals surface area (Å²) in [6, 6.07) is 8.95. The Balaban J connectivity index is 1.47. The van der Waals surface area contributed by atoms with Crippen LogP contribution >= 0.6 is 0 Å². The van der Waals surface area contributed by atoms with Gasteiger partial charge in [0.2, 0.25) is 0 Å². The van der Waals surface area contributed by atoms with Gasteiger partial charge in [-0.1, -0.05) is 18.2 Å². The monoisotopic (exact) mass is 425 g/mol. The molecule has 4 aliphatic rings. The Morgan fingerprint density at radius 2 is 1.74 bits per heavy atom. The van der Waals surface area contributed by atoms with E-state index in [2.05, 4.69) is 6.07 Å². The van der Waals surface area contributed by atoms with Crippen LogP contribution in [0, 0.1) is 34.7 Å². The second-order valence-electron chi connectivity index (χ2n) is 8.58. The van der Waals surface area contributed by atoms with E-state index < -0.39 is 28.7 Å². The van der Waals surface area contributed by atoms with Gasteiger partial charge in [-0.25, -0.2) is 13.2 Å². The van der Waals surface area contributed by atoms with Crippen molar-refractivity contribution >= 4 is 0 Å². The van der Waals surface area contributed by atoms with Gasteiger partial charge in [-0.2, -0.15) is 5.26 Å². The fraction of sp³-hybridized carbons (Fsp3) is 0.375. The van der Waals surface area contributed by atoms with Gasteiger partial charge in [-0.3, -0.25) is 0 Å². The third kappa shape index (κ3) is 2.43. The van der Waals surface area contributed by atoms with Crippen molar-refractivity contribution in [2.24, 2.45) is 5.92 Å². The second-order valence-corrected chi connectivity index (χ2v) is 8.58. The summed E-state index contributed by atoms with van der Waals surface area (Å²) >= 11 is 0. The molecule has 0 amide bonds. The highest BCUT2D eigenvalue weighted by Gasteiger charge is 2.63. The molecule has 6 rings (SSSR count). The van der Waals surface area contributed by atoms with Gasteiger partial charge < -0.3 is 14.2 Å². The molecular weight excluding hydrogens is 407 g/mol. The van der Waals surface area contributed by atoms with Crippen LogP contribution in [0.3, 0.4) is 0 Å². The fourth-order valence-corrected chi connectivity index (χ4v) is 5.89. The largest absolute Gasteiger partial charge is 0.497 e. The number of nitrogens with zero attached hydrogens (tertiary/aromatic N) is 1. The van der Waals surface area contributed by atoms with E-state index in [1.54, 1.807) is 24.5 Å². The van der Waals surface area contributed by atoms with E-state index in [0.29, 0.717) is 50.2 Å². The minimum atomic E-state index is -0.964. The molecule has 2 heterocycles. The van der Waals surface area contributed by atoms with Crippen LogP contribution in [0.2, 0.25) is 0 Å². The van der Waals surface area contributed by atoms with E-state index in [4.69, 9.17) is 14.2 Å². The highest BCUT2D eigenvalue weighted by Crippen LogP contribution is 2.59. The maximum absolute atomic E-state index is 14.4. The first-order valence-electron chi connectivity index (χ1n) is 10.3. The lowest BCUT2D eigenvalue weighted by atomic mass is 9.54. The first kappa shape index (κ1) is 18.9. The highest BCUT2D eigenvalue weighted by molar-refractivity contribution is 5.68. The number of fused-ring (bicyclic) bond motifs is 3. The Bertz CT molecular complexity index is 1160. The SMILES string of the molecule is N#C[C@]12CCC3(OCCO3)C3=CO[C@H](Cc4cc(-c5c(F)cc(F)cc5F)ccc41)[C@@H]32. The smallest absolute Gasteiger partial charge is 0.194 e. The van der Waals surface area contributed by atoms with E-state index >= 15 is 0 Å². The molecule has 2 aliphatic heterocycles. The predicted molar refractivity (Wildman–Crippen MR) is 103 cm³/mol. The molecule has 1 spiro atoms. The second kappa shape index (κ2) is 6.35. The van der Waals surface area contributed by atoms with E-state index in [9.17, 15) is 18.4 Å². The molecule has 0 bridgehead atoms. The normalized spacial score (nSPS) is 29.7. The molecule has 0 radical (unpaired) electrons. The van der Waals surface area contributed by atoms with Crippen molar-refractivity contribution in [3.63, 3.8) is 0 Å². The van der Waals surface area contributed by atoms with E-state index in [1.807, 2.05) is 0 Å². The third-order valence-corrected chi connectivity index (χ3v) is 7.15. The Morgan fingerprint density at radius 3 is 2.45 bits per heavy atom. The predicted octanol–water partition coefficient (Wildman–Crippen LogP) is 4.52. The Morgan fingerprint density at radius 1 is 1.00 bits per heavy atom. The van der Waals surface area contributed by atoms with Crippen LogP contribution in [0.25, 0.3) is 11.1 Å². The van der Waals surface area contributed by atoms with Crippen LogP contribution in [0.5, 0.6) is 0 Å². The van der Waals surface area contributed by atoms with Gasteiger partial charge in [0.1, 0.15) is 23.6 Å². The molecule has 2 fully saturated rings. The number of halogens is 3. The number of rotatable bonds is 1. The summed E-state index contributed by atoms with van der Waals surface area (Å²) in [6.45, 7) is 1.01. The summed E-state index contributed by atoms with van der Waals surface area (Å²) in [4.78, 5) is 0. The molecule has 1 saturated heterocycles. The molecule has 0 aromatic heterocycles. The molecule has 158 valence electrons. The van der Waals surface area contributed by atoms with Crippen molar-refractivity contribution in [1.29, 1.82) is 5.26 Å². The summed E-state index contributed by atoms with van der Waals surface area (Å²) in [5, 5.41) is 10.3. The maximum atomic E-state index is 14.4. The van der Waals surface area contributed by atoms with Crippen molar-refractivity contribution in [2.75, 3.05) is 13.2 Å². The molecule has 31 heavy (non-hydrogen) atoms. The van der Waals surface area contributed by atoms with E-state index in [0.717, 1.165) is 16.7 Å². The van der Waals surface area contributed by atoms with E-state index in [1.165, 1.54) is 0 Å². The van der Waals surface area contributed by atoms with Crippen LogP contribution in [0.15, 0.2) is 42.2 Å². The minimum absolute atomic E-state index is 0.206. The van der Waals surface area contributed by atoms with Crippen molar-refractivity contribution < 1.29 is 27.4 Å². The van der Waals surface area contributed by atoms with Crippen LogP contribution in [0.1, 0.15) is 24.0 Å². The summed E-state index contributed by atoms with van der Waals surface area (Å²) in [6.07, 6.45) is 2.93. The van der Waals surface area contributed by atoms with Gasteiger partial charge in [-0.15, -0.1) is 0 Å². The standard InChI is InChI=1S/C24H18F3NO3/c25-15-9-18(26)21(19(27)10-15)13-1-2-16-14(7-13)8-20-22-17(11-29-20)24(30-5-6-31-24)4-3-23(16,22)12-28/h1-2,7,9-11,20,22H,3-6,8H2/t20-,22-,23-/m1/s1. The molecule has 1 saturated carbocycles. The average molecular weight is 425 g/mol. The molecule has 7 heteroatoms. The Labute approximate surface area is 176 Å². The summed E-state index contributed by atoms with van der Waals surface area (Å²) in [5.74, 6) is -3.91. The molecular formula is C24H18F3NO3. The summed E-state index contributed by atoms with van der Waals surface area (Å²) in [5.41, 5.74) is 1.71. The molecule has 0 N–H and O–H groups in total. The van der Waals surface area contributed by atoms with Gasteiger partial charge in [-0.05, 0) is 23.1 Å². The zero-order valence-electron chi connectivity index (χ0n) is 16.5. The molecule has 0 unspecified atom stereocenters. The zero-order chi connectivity index (χ0) is 21.4. The molecule has 2 aromatic carbocycles. The zero-order valence-corrected chi connectivity index (χ0v) is 16.5. The Kier molecular flexibility index (Phi) is 3.87.